The van der Waals surface area contributed by atoms with Crippen LogP contribution in [0.3, 0.4) is 0 Å². The number of piperazine rings is 1. The van der Waals surface area contributed by atoms with E-state index in [1.54, 1.807) is 0 Å². The Labute approximate surface area is 155 Å². The van der Waals surface area contributed by atoms with Crippen molar-refractivity contribution in [2.45, 2.75) is 32.1 Å². The maximum absolute atomic E-state index is 12.9. The van der Waals surface area contributed by atoms with Gasteiger partial charge in [0.1, 0.15) is 5.82 Å². The Balaban J connectivity index is 1.32. The smallest absolute Gasteiger partial charge is 0.226 e. The van der Waals surface area contributed by atoms with Crippen LogP contribution in [0.5, 0.6) is 0 Å². The molecule has 1 saturated heterocycles. The third-order valence-corrected chi connectivity index (χ3v) is 5.70. The fourth-order valence-corrected chi connectivity index (χ4v) is 3.90. The van der Waals surface area contributed by atoms with Crippen LogP contribution in [-0.4, -0.2) is 42.0 Å². The Bertz CT molecular complexity index is 749. The van der Waals surface area contributed by atoms with Crippen molar-refractivity contribution in [3.63, 3.8) is 0 Å². The van der Waals surface area contributed by atoms with Crippen molar-refractivity contribution in [2.75, 3.05) is 31.1 Å². The predicted molar refractivity (Wildman–Crippen MR) is 104 cm³/mol. The largest absolute Gasteiger partial charge is 0.353 e. The zero-order chi connectivity index (χ0) is 18.1. The zero-order valence-electron chi connectivity index (χ0n) is 15.6. The molecule has 1 saturated carbocycles. The summed E-state index contributed by atoms with van der Waals surface area (Å²) in [7, 11) is 0. The molecule has 0 spiro atoms. The quantitative estimate of drug-likeness (QED) is 0.845. The number of benzene rings is 1. The first kappa shape index (κ1) is 17.1. The van der Waals surface area contributed by atoms with Gasteiger partial charge in [0, 0.05) is 38.3 Å². The van der Waals surface area contributed by atoms with E-state index in [0.717, 1.165) is 38.4 Å². The van der Waals surface area contributed by atoms with Crippen LogP contribution in [0.15, 0.2) is 48.7 Å². The van der Waals surface area contributed by atoms with Gasteiger partial charge in [-0.1, -0.05) is 44.2 Å². The fourth-order valence-electron chi connectivity index (χ4n) is 3.90. The van der Waals surface area contributed by atoms with Gasteiger partial charge in [0.25, 0.3) is 0 Å². The molecule has 2 heterocycles. The molecule has 1 aliphatic carbocycles. The van der Waals surface area contributed by atoms with Gasteiger partial charge >= 0.3 is 0 Å². The topological polar surface area (TPSA) is 36.4 Å². The second-order valence-corrected chi connectivity index (χ2v) is 7.77. The van der Waals surface area contributed by atoms with Crippen molar-refractivity contribution >= 4 is 11.7 Å². The van der Waals surface area contributed by atoms with Crippen molar-refractivity contribution in [3.05, 3.63) is 59.8 Å². The molecule has 2 fully saturated rings. The molecule has 0 radical (unpaired) electrons. The maximum atomic E-state index is 12.9. The second kappa shape index (κ2) is 7.10. The molecule has 0 bridgehead atoms. The molecule has 0 N–H and O–H groups in total. The van der Waals surface area contributed by atoms with E-state index in [-0.39, 0.29) is 5.92 Å². The monoisotopic (exact) mass is 349 g/mol. The molecule has 2 aromatic rings. The van der Waals surface area contributed by atoms with Gasteiger partial charge in [-0.25, -0.2) is 4.98 Å². The first-order chi connectivity index (χ1) is 12.6. The first-order valence-electron chi connectivity index (χ1n) is 9.68. The highest BCUT2D eigenvalue weighted by molar-refractivity contribution is 5.83. The van der Waals surface area contributed by atoms with E-state index in [4.69, 9.17) is 0 Å². The molecular weight excluding hydrogens is 322 g/mol. The zero-order valence-corrected chi connectivity index (χ0v) is 15.6. The Hall–Kier alpha value is -2.36. The fraction of sp³-hybridized carbons (Fsp3) is 0.455. The van der Waals surface area contributed by atoms with Crippen LogP contribution < -0.4 is 4.90 Å². The summed E-state index contributed by atoms with van der Waals surface area (Å²) >= 11 is 0. The highest BCUT2D eigenvalue weighted by atomic mass is 16.2. The summed E-state index contributed by atoms with van der Waals surface area (Å²) in [6.07, 6.45) is 2.83. The molecule has 4 nitrogen and oxygen atoms in total. The number of amides is 1. The Morgan fingerprint density at radius 2 is 1.77 bits per heavy atom. The predicted octanol–water partition coefficient (Wildman–Crippen LogP) is 3.66. The van der Waals surface area contributed by atoms with Crippen molar-refractivity contribution in [2.24, 2.45) is 5.92 Å². The van der Waals surface area contributed by atoms with Crippen LogP contribution in [0.25, 0.3) is 0 Å². The van der Waals surface area contributed by atoms with Gasteiger partial charge in [-0.3, -0.25) is 4.79 Å². The molecule has 1 aromatic heterocycles. The van der Waals surface area contributed by atoms with Crippen molar-refractivity contribution in [3.8, 4) is 0 Å². The highest BCUT2D eigenvalue weighted by Crippen LogP contribution is 2.48. The lowest BCUT2D eigenvalue weighted by Crippen LogP contribution is -2.49. The molecule has 1 aromatic carbocycles. The summed E-state index contributed by atoms with van der Waals surface area (Å²) in [4.78, 5) is 21.6. The minimum atomic E-state index is 0.182. The molecule has 1 amide bonds. The van der Waals surface area contributed by atoms with Crippen LogP contribution in [0.1, 0.15) is 43.2 Å². The first-order valence-corrected chi connectivity index (χ1v) is 9.68. The molecule has 2 atom stereocenters. The number of pyridine rings is 1. The summed E-state index contributed by atoms with van der Waals surface area (Å²) in [5.41, 5.74) is 2.68. The number of hydrogen-bond acceptors (Lipinski definition) is 3. The average molecular weight is 349 g/mol. The van der Waals surface area contributed by atoms with Crippen LogP contribution in [0.2, 0.25) is 0 Å². The third kappa shape index (κ3) is 3.46. The van der Waals surface area contributed by atoms with Crippen LogP contribution >= 0.6 is 0 Å². The van der Waals surface area contributed by atoms with Gasteiger partial charge in [0.2, 0.25) is 5.91 Å². The Morgan fingerprint density at radius 3 is 2.38 bits per heavy atom. The van der Waals surface area contributed by atoms with E-state index in [9.17, 15) is 4.79 Å². The standard InChI is InChI=1S/C22H27N3O/c1-16(2)17-6-8-18(9-7-17)19-15-20(19)22(26)25-13-11-24(12-14-25)21-5-3-4-10-23-21/h3-10,16,19-20H,11-15H2,1-2H3/t19-,20+/m1/s1. The number of carbonyl (C=O) groups excluding carboxylic acids is 1. The summed E-state index contributed by atoms with van der Waals surface area (Å²) in [5.74, 6) is 2.49. The summed E-state index contributed by atoms with van der Waals surface area (Å²) in [5, 5.41) is 0. The van der Waals surface area contributed by atoms with E-state index in [1.165, 1.54) is 11.1 Å². The van der Waals surface area contributed by atoms with Gasteiger partial charge in [-0.15, -0.1) is 0 Å². The molecule has 2 aliphatic rings. The van der Waals surface area contributed by atoms with E-state index >= 15 is 0 Å². The van der Waals surface area contributed by atoms with Gasteiger partial charge in [-0.05, 0) is 41.5 Å². The van der Waals surface area contributed by atoms with E-state index < -0.39 is 0 Å². The molecule has 4 rings (SSSR count). The van der Waals surface area contributed by atoms with E-state index in [2.05, 4.69) is 48.0 Å². The summed E-state index contributed by atoms with van der Waals surface area (Å²) < 4.78 is 0. The molecule has 26 heavy (non-hydrogen) atoms. The van der Waals surface area contributed by atoms with E-state index in [1.807, 2.05) is 29.3 Å². The number of aromatic nitrogens is 1. The van der Waals surface area contributed by atoms with Crippen molar-refractivity contribution < 1.29 is 4.79 Å². The Kier molecular flexibility index (Phi) is 4.66. The molecule has 0 unspecified atom stereocenters. The number of hydrogen-bond donors (Lipinski definition) is 0. The highest BCUT2D eigenvalue weighted by Gasteiger charge is 2.46. The average Bonchev–Trinajstić information content (AvgIpc) is 3.49. The molecule has 136 valence electrons. The number of nitrogens with zero attached hydrogens (tertiary/aromatic N) is 3. The van der Waals surface area contributed by atoms with Gasteiger partial charge < -0.3 is 9.80 Å². The lowest BCUT2D eigenvalue weighted by molar-refractivity contribution is -0.133. The number of anilines is 1. The van der Waals surface area contributed by atoms with Crippen molar-refractivity contribution in [1.29, 1.82) is 0 Å². The number of rotatable bonds is 4. The summed E-state index contributed by atoms with van der Waals surface area (Å²) in [6, 6.07) is 14.8. The Morgan fingerprint density at radius 1 is 1.04 bits per heavy atom. The van der Waals surface area contributed by atoms with Crippen LogP contribution in [0.4, 0.5) is 5.82 Å². The SMILES string of the molecule is CC(C)c1ccc([C@H]2C[C@@H]2C(=O)N2CCN(c3ccccn3)CC2)cc1. The second-order valence-electron chi connectivity index (χ2n) is 7.77. The number of carbonyl (C=O) groups is 1. The minimum Gasteiger partial charge on any atom is -0.353 e. The van der Waals surface area contributed by atoms with Gasteiger partial charge in [0.05, 0.1) is 0 Å². The summed E-state index contributed by atoms with van der Waals surface area (Å²) in [6.45, 7) is 7.74. The third-order valence-electron chi connectivity index (χ3n) is 5.70. The molecular formula is C22H27N3O. The van der Waals surface area contributed by atoms with Gasteiger partial charge in [0.15, 0.2) is 0 Å². The van der Waals surface area contributed by atoms with Crippen molar-refractivity contribution in [1.82, 2.24) is 9.88 Å². The minimum absolute atomic E-state index is 0.182. The maximum Gasteiger partial charge on any atom is 0.226 e. The lowest BCUT2D eigenvalue weighted by atomic mass is 10.00. The van der Waals surface area contributed by atoms with Crippen LogP contribution in [-0.2, 0) is 4.79 Å². The van der Waals surface area contributed by atoms with E-state index in [0.29, 0.717) is 17.7 Å². The molecule has 4 heteroatoms. The lowest BCUT2D eigenvalue weighted by Gasteiger charge is -2.35. The van der Waals surface area contributed by atoms with Crippen LogP contribution in [0, 0.1) is 5.92 Å². The van der Waals surface area contributed by atoms with Gasteiger partial charge in [-0.2, -0.15) is 0 Å². The molecule has 1 aliphatic heterocycles. The normalized spacial score (nSPS) is 22.6.